The minimum absolute atomic E-state index is 0.0730. The molecule has 8 heteroatoms. The Labute approximate surface area is 181 Å². The van der Waals surface area contributed by atoms with Crippen LogP contribution >= 0.6 is 11.6 Å². The lowest BCUT2D eigenvalue weighted by Crippen LogP contribution is -2.24. The molecule has 1 aliphatic rings. The number of aliphatic hydroxyl groups is 1. The maximum absolute atomic E-state index is 11.8. The van der Waals surface area contributed by atoms with Crippen LogP contribution in [0.2, 0.25) is 5.02 Å². The Bertz CT molecular complexity index is 1110. The number of fused-ring (bicyclic) bond motifs is 1. The van der Waals surface area contributed by atoms with Gasteiger partial charge in [-0.25, -0.2) is 13.4 Å². The number of hydrogen-bond acceptors (Lipinski definition) is 5. The molecule has 30 heavy (non-hydrogen) atoms. The molecule has 1 fully saturated rings. The van der Waals surface area contributed by atoms with Crippen LogP contribution in [0.15, 0.2) is 48.5 Å². The predicted octanol–water partition coefficient (Wildman–Crippen LogP) is 3.24. The van der Waals surface area contributed by atoms with Crippen molar-refractivity contribution in [2.45, 2.75) is 32.1 Å². The molecule has 2 atom stereocenters. The molecule has 0 radical (unpaired) electrons. The summed E-state index contributed by atoms with van der Waals surface area (Å²) in [5, 5.41) is 11.3. The van der Waals surface area contributed by atoms with Gasteiger partial charge in [0.05, 0.1) is 48.4 Å². The summed E-state index contributed by atoms with van der Waals surface area (Å²) in [6.45, 7) is 0.925. The fourth-order valence-corrected chi connectivity index (χ4v) is 5.92. The molecule has 2 heterocycles. The first kappa shape index (κ1) is 21.3. The molecule has 0 saturated carbocycles. The zero-order valence-electron chi connectivity index (χ0n) is 16.6. The average Bonchev–Trinajstić information content (AvgIpc) is 3.23. The predicted molar refractivity (Wildman–Crippen MR) is 117 cm³/mol. The van der Waals surface area contributed by atoms with Gasteiger partial charge in [-0.05, 0) is 42.2 Å². The number of nitrogens with zero attached hydrogens (tertiary/aromatic N) is 2. The van der Waals surface area contributed by atoms with Crippen molar-refractivity contribution in [3.8, 4) is 0 Å². The maximum Gasteiger partial charge on any atom is 0.150 e. The topological polar surface area (TPSA) is 81.4 Å². The van der Waals surface area contributed by atoms with Gasteiger partial charge in [0.25, 0.3) is 0 Å². The number of aromatic nitrogens is 2. The van der Waals surface area contributed by atoms with Gasteiger partial charge in [-0.2, -0.15) is 0 Å². The Kier molecular flexibility index (Phi) is 6.43. The number of para-hydroxylation sites is 2. The van der Waals surface area contributed by atoms with Crippen LogP contribution in [-0.2, 0) is 34.1 Å². The minimum atomic E-state index is -2.94. The molecule has 0 bridgehead atoms. The molecule has 1 saturated heterocycles. The van der Waals surface area contributed by atoms with Gasteiger partial charge >= 0.3 is 0 Å². The van der Waals surface area contributed by atoms with E-state index in [2.05, 4.69) is 0 Å². The SMILES string of the molecule is O=S1(=O)CC[C@H](Cc2nc3ccccc3n2C[C@H](O)COCc2ccc(Cl)cc2)C1. The summed E-state index contributed by atoms with van der Waals surface area (Å²) in [4.78, 5) is 4.72. The number of halogens is 1. The third-order valence-corrected chi connectivity index (χ3v) is 7.51. The average molecular weight is 449 g/mol. The Balaban J connectivity index is 1.43. The van der Waals surface area contributed by atoms with E-state index in [-0.39, 0.29) is 24.0 Å². The van der Waals surface area contributed by atoms with Gasteiger partial charge in [0.1, 0.15) is 5.82 Å². The van der Waals surface area contributed by atoms with Crippen molar-refractivity contribution in [1.82, 2.24) is 9.55 Å². The van der Waals surface area contributed by atoms with E-state index in [9.17, 15) is 13.5 Å². The van der Waals surface area contributed by atoms with Crippen LogP contribution in [0.1, 0.15) is 17.8 Å². The van der Waals surface area contributed by atoms with Crippen LogP contribution < -0.4 is 0 Å². The Morgan fingerprint density at radius 3 is 2.70 bits per heavy atom. The molecule has 2 aromatic carbocycles. The van der Waals surface area contributed by atoms with Crippen LogP contribution in [-0.4, -0.2) is 47.3 Å². The lowest BCUT2D eigenvalue weighted by molar-refractivity contribution is 0.0205. The number of ether oxygens (including phenoxy) is 1. The summed E-state index contributed by atoms with van der Waals surface area (Å²) in [5.41, 5.74) is 2.77. The van der Waals surface area contributed by atoms with E-state index in [1.54, 1.807) is 0 Å². The summed E-state index contributed by atoms with van der Waals surface area (Å²) in [6.07, 6.45) is 0.547. The third-order valence-electron chi connectivity index (χ3n) is 5.42. The lowest BCUT2D eigenvalue weighted by atomic mass is 10.1. The van der Waals surface area contributed by atoms with E-state index in [1.807, 2.05) is 53.1 Å². The van der Waals surface area contributed by atoms with Crippen LogP contribution in [0.5, 0.6) is 0 Å². The molecule has 4 rings (SSSR count). The fourth-order valence-electron chi connectivity index (χ4n) is 3.93. The molecule has 0 amide bonds. The Morgan fingerprint density at radius 1 is 1.20 bits per heavy atom. The monoisotopic (exact) mass is 448 g/mol. The van der Waals surface area contributed by atoms with Crippen molar-refractivity contribution in [1.29, 1.82) is 0 Å². The highest BCUT2D eigenvalue weighted by Crippen LogP contribution is 2.25. The van der Waals surface area contributed by atoms with Gasteiger partial charge in [-0.3, -0.25) is 0 Å². The van der Waals surface area contributed by atoms with Crippen LogP contribution in [0.4, 0.5) is 0 Å². The zero-order chi connectivity index (χ0) is 21.1. The van der Waals surface area contributed by atoms with E-state index >= 15 is 0 Å². The summed E-state index contributed by atoms with van der Waals surface area (Å²) in [6, 6.07) is 15.2. The normalized spacial score (nSPS) is 19.3. The van der Waals surface area contributed by atoms with Crippen LogP contribution in [0.3, 0.4) is 0 Å². The number of aliphatic hydroxyl groups excluding tert-OH is 1. The highest BCUT2D eigenvalue weighted by Gasteiger charge is 2.29. The van der Waals surface area contributed by atoms with Crippen LogP contribution in [0, 0.1) is 5.92 Å². The van der Waals surface area contributed by atoms with Crippen molar-refractivity contribution < 1.29 is 18.3 Å². The van der Waals surface area contributed by atoms with Crippen molar-refractivity contribution in [3.05, 3.63) is 64.9 Å². The van der Waals surface area contributed by atoms with Gasteiger partial charge in [0.2, 0.25) is 0 Å². The fraction of sp³-hybridized carbons (Fsp3) is 0.409. The number of sulfone groups is 1. The zero-order valence-corrected chi connectivity index (χ0v) is 18.1. The molecule has 1 aliphatic heterocycles. The number of benzene rings is 2. The van der Waals surface area contributed by atoms with Crippen LogP contribution in [0.25, 0.3) is 11.0 Å². The van der Waals surface area contributed by atoms with Gasteiger partial charge in [-0.1, -0.05) is 35.9 Å². The van der Waals surface area contributed by atoms with Crippen molar-refractivity contribution >= 4 is 32.5 Å². The molecule has 0 spiro atoms. The summed E-state index contributed by atoms with van der Waals surface area (Å²) >= 11 is 5.89. The second kappa shape index (κ2) is 9.06. The molecule has 0 unspecified atom stereocenters. The Morgan fingerprint density at radius 2 is 1.97 bits per heavy atom. The molecule has 0 aliphatic carbocycles. The highest BCUT2D eigenvalue weighted by atomic mass is 35.5. The van der Waals surface area contributed by atoms with E-state index in [0.717, 1.165) is 22.4 Å². The molecule has 6 nitrogen and oxygen atoms in total. The minimum Gasteiger partial charge on any atom is -0.389 e. The third kappa shape index (κ3) is 5.21. The highest BCUT2D eigenvalue weighted by molar-refractivity contribution is 7.91. The number of imidazole rings is 1. The quantitative estimate of drug-likeness (QED) is 0.572. The van der Waals surface area contributed by atoms with Gasteiger partial charge < -0.3 is 14.4 Å². The smallest absolute Gasteiger partial charge is 0.150 e. The second-order valence-electron chi connectivity index (χ2n) is 7.90. The molecular weight excluding hydrogens is 424 g/mol. The second-order valence-corrected chi connectivity index (χ2v) is 10.6. The van der Waals surface area contributed by atoms with Crippen molar-refractivity contribution in [2.75, 3.05) is 18.1 Å². The number of rotatable bonds is 8. The molecule has 1 N–H and O–H groups in total. The first-order valence-electron chi connectivity index (χ1n) is 10.0. The summed E-state index contributed by atoms with van der Waals surface area (Å²) in [7, 11) is -2.94. The molecule has 160 valence electrons. The molecule has 1 aromatic heterocycles. The van der Waals surface area contributed by atoms with Gasteiger partial charge in [-0.15, -0.1) is 0 Å². The van der Waals surface area contributed by atoms with E-state index in [1.165, 1.54) is 0 Å². The first-order valence-corrected chi connectivity index (χ1v) is 12.2. The standard InChI is InChI=1S/C22H25ClN2O4S/c23-18-7-5-16(6-8-18)13-29-14-19(26)12-25-21-4-2-1-3-20(21)24-22(25)11-17-9-10-30(27,28)15-17/h1-8,17,19,26H,9-15H2/t17-,19+/m1/s1. The van der Waals surface area contributed by atoms with Crippen molar-refractivity contribution in [3.63, 3.8) is 0 Å². The van der Waals surface area contributed by atoms with E-state index in [4.69, 9.17) is 21.3 Å². The van der Waals surface area contributed by atoms with E-state index < -0.39 is 15.9 Å². The van der Waals surface area contributed by atoms with Crippen molar-refractivity contribution in [2.24, 2.45) is 5.92 Å². The lowest BCUT2D eigenvalue weighted by Gasteiger charge is -2.16. The Hall–Kier alpha value is -1.93. The first-order chi connectivity index (χ1) is 14.4. The largest absolute Gasteiger partial charge is 0.389 e. The number of hydrogen-bond donors (Lipinski definition) is 1. The van der Waals surface area contributed by atoms with Gasteiger partial charge in [0, 0.05) is 11.4 Å². The maximum atomic E-state index is 11.8. The van der Waals surface area contributed by atoms with E-state index in [0.29, 0.717) is 31.0 Å². The van der Waals surface area contributed by atoms with Gasteiger partial charge in [0.15, 0.2) is 9.84 Å². The summed E-state index contributed by atoms with van der Waals surface area (Å²) < 4.78 is 31.3. The summed E-state index contributed by atoms with van der Waals surface area (Å²) in [5.74, 6) is 1.35. The molecule has 3 aromatic rings. The molecular formula is C22H25ClN2O4S.